The smallest absolute Gasteiger partial charge is 0.172 e. The van der Waals surface area contributed by atoms with E-state index >= 15 is 0 Å². The third kappa shape index (κ3) is 3.61. The average molecular weight is 262 g/mol. The second kappa shape index (κ2) is 5.34. The second-order valence-electron chi connectivity index (χ2n) is 5.29. The molecule has 92 valence electrons. The highest BCUT2D eigenvalue weighted by Crippen LogP contribution is 2.36. The molecule has 1 unspecified atom stereocenters. The van der Waals surface area contributed by atoms with E-state index in [1.165, 1.54) is 0 Å². The molecule has 1 heterocycles. The zero-order valence-corrected chi connectivity index (χ0v) is 12.5. The molecule has 0 amide bonds. The predicted molar refractivity (Wildman–Crippen MR) is 68.2 cm³/mol. The monoisotopic (exact) mass is 261 g/mol. The normalized spacial score (nSPS) is 14.4. The Bertz CT molecular complexity index is 333. The Morgan fingerprint density at radius 3 is 2.50 bits per heavy atom. The van der Waals surface area contributed by atoms with Crippen molar-refractivity contribution in [3.63, 3.8) is 0 Å². The van der Waals surface area contributed by atoms with Crippen LogP contribution in [0.3, 0.4) is 0 Å². The van der Waals surface area contributed by atoms with Gasteiger partial charge in [0.25, 0.3) is 0 Å². The van der Waals surface area contributed by atoms with Crippen LogP contribution in [0.2, 0.25) is 13.1 Å². The van der Waals surface area contributed by atoms with E-state index in [1.807, 2.05) is 6.07 Å². The molecule has 0 saturated heterocycles. The summed E-state index contributed by atoms with van der Waals surface area (Å²) in [4.78, 5) is 0. The first-order valence-electron chi connectivity index (χ1n) is 5.51. The van der Waals surface area contributed by atoms with Crippen molar-refractivity contribution in [1.29, 1.82) is 0 Å². The van der Waals surface area contributed by atoms with Crippen LogP contribution in [0.25, 0.3) is 0 Å². The maximum absolute atomic E-state index is 6.02. The van der Waals surface area contributed by atoms with Crippen LogP contribution in [-0.4, -0.2) is 14.2 Å². The molecule has 1 aromatic heterocycles. The van der Waals surface area contributed by atoms with Crippen molar-refractivity contribution in [2.24, 2.45) is 5.41 Å². The molecular weight excluding hydrogens is 242 g/mol. The molecule has 0 radical (unpaired) electrons. The van der Waals surface area contributed by atoms with Crippen LogP contribution in [0, 0.1) is 5.41 Å². The highest BCUT2D eigenvalue weighted by Gasteiger charge is 2.31. The third-order valence-electron chi connectivity index (χ3n) is 2.17. The highest BCUT2D eigenvalue weighted by atomic mass is 35.5. The van der Waals surface area contributed by atoms with Crippen LogP contribution in [0.5, 0.6) is 0 Å². The lowest BCUT2D eigenvalue weighted by molar-refractivity contribution is 0.0603. The largest absolute Gasteiger partial charge is 0.410 e. The van der Waals surface area contributed by atoms with E-state index in [-0.39, 0.29) is 11.5 Å². The molecule has 0 aliphatic heterocycles. The minimum atomic E-state index is -1.12. The van der Waals surface area contributed by atoms with Crippen LogP contribution in [0.15, 0.2) is 10.6 Å². The van der Waals surface area contributed by atoms with Crippen molar-refractivity contribution in [3.8, 4) is 0 Å². The number of hydrogen-bond donors (Lipinski definition) is 0. The zero-order chi connectivity index (χ0) is 12.3. The van der Waals surface area contributed by atoms with Crippen LogP contribution in [0.1, 0.15) is 38.3 Å². The topological polar surface area (TPSA) is 35.3 Å². The Labute approximate surface area is 104 Å². The summed E-state index contributed by atoms with van der Waals surface area (Å²) in [5.41, 5.74) is 0.764. The maximum Gasteiger partial charge on any atom is 0.172 e. The van der Waals surface area contributed by atoms with Crippen molar-refractivity contribution in [1.82, 2.24) is 5.16 Å². The summed E-state index contributed by atoms with van der Waals surface area (Å²) in [6.07, 6.45) is -0.0383. The SMILES string of the molecule is C[SiH](C)OC(c1cc(CCl)no1)C(C)(C)C. The van der Waals surface area contributed by atoms with Gasteiger partial charge in [-0.15, -0.1) is 11.6 Å². The van der Waals surface area contributed by atoms with Gasteiger partial charge in [0.2, 0.25) is 0 Å². The van der Waals surface area contributed by atoms with Crippen molar-refractivity contribution < 1.29 is 8.95 Å². The molecule has 1 rings (SSSR count). The number of nitrogens with zero attached hydrogens (tertiary/aromatic N) is 1. The summed E-state index contributed by atoms with van der Waals surface area (Å²) >= 11 is 5.71. The van der Waals surface area contributed by atoms with Gasteiger partial charge in [0.05, 0.1) is 11.6 Å². The summed E-state index contributed by atoms with van der Waals surface area (Å²) in [5, 5.41) is 3.90. The van der Waals surface area contributed by atoms with Crippen molar-refractivity contribution in [3.05, 3.63) is 17.5 Å². The van der Waals surface area contributed by atoms with Gasteiger partial charge in [-0.1, -0.05) is 25.9 Å². The molecule has 0 aromatic carbocycles. The van der Waals surface area contributed by atoms with Crippen molar-refractivity contribution in [2.45, 2.75) is 45.8 Å². The van der Waals surface area contributed by atoms with Gasteiger partial charge in [0, 0.05) is 6.07 Å². The van der Waals surface area contributed by atoms with Gasteiger partial charge in [-0.3, -0.25) is 0 Å². The summed E-state index contributed by atoms with van der Waals surface area (Å²) in [5.74, 6) is 1.16. The van der Waals surface area contributed by atoms with E-state index in [9.17, 15) is 0 Å². The lowest BCUT2D eigenvalue weighted by atomic mass is 9.88. The third-order valence-corrected chi connectivity index (χ3v) is 3.26. The standard InChI is InChI=1S/C11H20ClNO2Si/c1-11(2,3)10(15-16(4)5)9-6-8(7-12)13-14-9/h6,10,16H,7H2,1-5H3. The van der Waals surface area contributed by atoms with Gasteiger partial charge >= 0.3 is 0 Å². The van der Waals surface area contributed by atoms with E-state index in [1.54, 1.807) is 0 Å². The van der Waals surface area contributed by atoms with E-state index < -0.39 is 9.04 Å². The van der Waals surface area contributed by atoms with Gasteiger partial charge in [0.1, 0.15) is 6.10 Å². The molecule has 5 heteroatoms. The fourth-order valence-electron chi connectivity index (χ4n) is 1.48. The zero-order valence-electron chi connectivity index (χ0n) is 10.6. The first-order valence-corrected chi connectivity index (χ1v) is 8.83. The van der Waals surface area contributed by atoms with Crippen molar-refractivity contribution in [2.75, 3.05) is 0 Å². The number of hydrogen-bond acceptors (Lipinski definition) is 3. The molecular formula is C11H20ClNO2Si. The summed E-state index contributed by atoms with van der Waals surface area (Å²) < 4.78 is 11.3. The number of rotatable bonds is 4. The van der Waals surface area contributed by atoms with Gasteiger partial charge < -0.3 is 8.95 Å². The highest BCUT2D eigenvalue weighted by molar-refractivity contribution is 6.48. The molecule has 0 bridgehead atoms. The Kier molecular flexibility index (Phi) is 4.58. The lowest BCUT2D eigenvalue weighted by Gasteiger charge is -2.30. The van der Waals surface area contributed by atoms with Crippen LogP contribution < -0.4 is 0 Å². The molecule has 1 atom stereocenters. The minimum absolute atomic E-state index is 0.000383. The Morgan fingerprint density at radius 1 is 1.50 bits per heavy atom. The summed E-state index contributed by atoms with van der Waals surface area (Å²) in [6.45, 7) is 10.7. The molecule has 1 aromatic rings. The van der Waals surface area contributed by atoms with Crippen molar-refractivity contribution >= 4 is 20.6 Å². The molecule has 0 aliphatic rings. The summed E-state index contributed by atoms with van der Waals surface area (Å²) in [6, 6.07) is 1.89. The molecule has 16 heavy (non-hydrogen) atoms. The molecule has 0 fully saturated rings. The molecule has 0 spiro atoms. The lowest BCUT2D eigenvalue weighted by Crippen LogP contribution is -2.25. The molecule has 0 N–H and O–H groups in total. The average Bonchev–Trinajstić information content (AvgIpc) is 2.60. The fourth-order valence-corrected chi connectivity index (χ4v) is 2.70. The first-order chi connectivity index (χ1) is 7.34. The van der Waals surface area contributed by atoms with Crippen LogP contribution in [-0.2, 0) is 10.3 Å². The quantitative estimate of drug-likeness (QED) is 0.615. The Morgan fingerprint density at radius 2 is 2.12 bits per heavy atom. The van der Waals surface area contributed by atoms with Gasteiger partial charge in [-0.25, -0.2) is 0 Å². The van der Waals surface area contributed by atoms with E-state index in [0.717, 1.165) is 11.5 Å². The Balaban J connectivity index is 2.92. The number of alkyl halides is 1. The Hall–Kier alpha value is -0.323. The van der Waals surface area contributed by atoms with Gasteiger partial charge in [-0.05, 0) is 18.5 Å². The van der Waals surface area contributed by atoms with Gasteiger partial charge in [0.15, 0.2) is 14.8 Å². The molecule has 0 saturated carbocycles. The maximum atomic E-state index is 6.02. The van der Waals surface area contributed by atoms with E-state index in [0.29, 0.717) is 5.88 Å². The number of halogens is 1. The predicted octanol–water partition coefficient (Wildman–Crippen LogP) is 3.50. The van der Waals surface area contributed by atoms with E-state index in [4.69, 9.17) is 20.6 Å². The molecule has 0 aliphatic carbocycles. The minimum Gasteiger partial charge on any atom is -0.410 e. The first kappa shape index (κ1) is 13.7. The van der Waals surface area contributed by atoms with Gasteiger partial charge in [-0.2, -0.15) is 0 Å². The second-order valence-corrected chi connectivity index (χ2v) is 7.92. The number of aromatic nitrogens is 1. The molecule has 3 nitrogen and oxygen atoms in total. The fraction of sp³-hybridized carbons (Fsp3) is 0.727. The summed E-state index contributed by atoms with van der Waals surface area (Å²) in [7, 11) is -1.12. The van der Waals surface area contributed by atoms with Crippen LogP contribution in [0.4, 0.5) is 0 Å². The van der Waals surface area contributed by atoms with E-state index in [2.05, 4.69) is 39.0 Å². The van der Waals surface area contributed by atoms with Crippen LogP contribution >= 0.6 is 11.6 Å².